The van der Waals surface area contributed by atoms with Gasteiger partial charge in [0.1, 0.15) is 10.8 Å². The van der Waals surface area contributed by atoms with E-state index in [1.165, 1.54) is 0 Å². The van der Waals surface area contributed by atoms with Crippen LogP contribution in [0.5, 0.6) is 0 Å². The lowest BCUT2D eigenvalue weighted by atomic mass is 10.2. The van der Waals surface area contributed by atoms with Crippen molar-refractivity contribution in [2.24, 2.45) is 0 Å². The first-order valence-corrected chi connectivity index (χ1v) is 11.1. The van der Waals surface area contributed by atoms with Gasteiger partial charge in [-0.15, -0.1) is 0 Å². The van der Waals surface area contributed by atoms with Gasteiger partial charge in [-0.25, -0.2) is 4.98 Å². The molecule has 0 fully saturated rings. The summed E-state index contributed by atoms with van der Waals surface area (Å²) in [6, 6.07) is 5.80. The maximum Gasteiger partial charge on any atom is 0.219 e. The minimum Gasteiger partial charge on any atom is -0.379 e. The predicted octanol–water partition coefficient (Wildman–Crippen LogP) is 3.12. The Morgan fingerprint density at radius 2 is 1.77 bits per heavy atom. The van der Waals surface area contributed by atoms with E-state index >= 15 is 0 Å². The quantitative estimate of drug-likeness (QED) is 0.337. The van der Waals surface area contributed by atoms with Crippen molar-refractivity contribution >= 4 is 33.3 Å². The van der Waals surface area contributed by atoms with Crippen LogP contribution in [0.15, 0.2) is 29.4 Å². The van der Waals surface area contributed by atoms with Crippen molar-refractivity contribution in [2.45, 2.75) is 37.1 Å². The van der Waals surface area contributed by atoms with Crippen molar-refractivity contribution in [3.8, 4) is 0 Å². The van der Waals surface area contributed by atoms with E-state index in [9.17, 15) is 9.59 Å². The van der Waals surface area contributed by atoms with Crippen LogP contribution in [-0.2, 0) is 19.1 Å². The number of ketones is 1. The summed E-state index contributed by atoms with van der Waals surface area (Å²) in [5.74, 6) is 1.10. The zero-order valence-corrected chi connectivity index (χ0v) is 16.9. The van der Waals surface area contributed by atoms with Gasteiger partial charge in [0.25, 0.3) is 0 Å². The number of carbonyl (C=O) groups excluding carboxylic acids is 2. The van der Waals surface area contributed by atoms with E-state index in [0.29, 0.717) is 52.1 Å². The Bertz CT molecular complexity index is 503. The topological polar surface area (TPSA) is 77.5 Å². The Hall–Kier alpha value is -1.09. The molecule has 1 heterocycles. The van der Waals surface area contributed by atoms with Crippen molar-refractivity contribution in [1.29, 1.82) is 0 Å². The highest BCUT2D eigenvalue weighted by atomic mass is 33.1. The van der Waals surface area contributed by atoms with E-state index in [-0.39, 0.29) is 11.7 Å². The largest absolute Gasteiger partial charge is 0.379 e. The molecule has 1 aromatic heterocycles. The average Bonchev–Trinajstić information content (AvgIpc) is 2.67. The monoisotopic (exact) mass is 400 g/mol. The Balaban J connectivity index is 1.83. The van der Waals surface area contributed by atoms with Crippen LogP contribution in [0, 0.1) is 0 Å². The Morgan fingerprint density at radius 3 is 2.42 bits per heavy atom. The average molecular weight is 401 g/mol. The van der Waals surface area contributed by atoms with Gasteiger partial charge in [-0.1, -0.05) is 16.9 Å². The number of ether oxygens (including phenoxy) is 2. The fourth-order valence-corrected chi connectivity index (χ4v) is 3.84. The van der Waals surface area contributed by atoms with Gasteiger partial charge in [0.2, 0.25) is 5.91 Å². The second-order valence-electron chi connectivity index (χ2n) is 5.47. The van der Waals surface area contributed by atoms with Crippen LogP contribution in [0.25, 0.3) is 0 Å². The van der Waals surface area contributed by atoms with Crippen LogP contribution < -0.4 is 5.32 Å². The van der Waals surface area contributed by atoms with Gasteiger partial charge < -0.3 is 14.8 Å². The van der Waals surface area contributed by atoms with Gasteiger partial charge >= 0.3 is 0 Å². The summed E-state index contributed by atoms with van der Waals surface area (Å²) < 4.78 is 10.8. The number of nitrogens with zero attached hydrogens (tertiary/aromatic N) is 1. The highest BCUT2D eigenvalue weighted by Gasteiger charge is 2.03. The summed E-state index contributed by atoms with van der Waals surface area (Å²) in [5, 5.41) is 3.54. The number of nitrogens with one attached hydrogen (secondary N) is 1. The zero-order chi connectivity index (χ0) is 18.9. The third-order valence-corrected chi connectivity index (χ3v) is 5.60. The minimum atomic E-state index is 0.0308. The van der Waals surface area contributed by atoms with Crippen LogP contribution in [0.3, 0.4) is 0 Å². The van der Waals surface area contributed by atoms with Crippen LogP contribution in [-0.4, -0.2) is 55.9 Å². The third kappa shape index (κ3) is 13.2. The fraction of sp³-hybridized carbons (Fsp3) is 0.611. The molecule has 0 aliphatic carbocycles. The molecule has 146 valence electrons. The van der Waals surface area contributed by atoms with Crippen molar-refractivity contribution in [3.63, 3.8) is 0 Å². The van der Waals surface area contributed by atoms with Crippen molar-refractivity contribution < 1.29 is 19.1 Å². The number of pyridine rings is 1. The molecule has 0 bridgehead atoms. The Kier molecular flexibility index (Phi) is 14.2. The van der Waals surface area contributed by atoms with Crippen molar-refractivity contribution in [1.82, 2.24) is 10.3 Å². The third-order valence-electron chi connectivity index (χ3n) is 3.33. The Morgan fingerprint density at radius 1 is 1.04 bits per heavy atom. The fourth-order valence-electron chi connectivity index (χ4n) is 1.93. The predicted molar refractivity (Wildman–Crippen MR) is 106 cm³/mol. The molecule has 1 amide bonds. The molecular weight excluding hydrogens is 372 g/mol. The van der Waals surface area contributed by atoms with E-state index in [4.69, 9.17) is 9.47 Å². The lowest BCUT2D eigenvalue weighted by molar-refractivity contribution is -0.121. The summed E-state index contributed by atoms with van der Waals surface area (Å²) in [7, 11) is 4.88. The zero-order valence-electron chi connectivity index (χ0n) is 15.3. The summed E-state index contributed by atoms with van der Waals surface area (Å²) in [6.07, 6.45) is 4.85. The van der Waals surface area contributed by atoms with Gasteiger partial charge in [-0.2, -0.15) is 0 Å². The SMILES string of the molecule is CNC(=O)CCCOCCOCCCC(=O)CCSSc1ccccn1. The van der Waals surface area contributed by atoms with Crippen LogP contribution >= 0.6 is 21.6 Å². The Labute approximate surface area is 163 Å². The van der Waals surface area contributed by atoms with Gasteiger partial charge in [0.15, 0.2) is 0 Å². The number of Topliss-reactive ketones (excluding diaryl/α,β-unsaturated/α-hetero) is 1. The molecule has 0 atom stereocenters. The molecule has 1 aromatic rings. The molecule has 0 aliphatic rings. The van der Waals surface area contributed by atoms with Gasteiger partial charge in [-0.05, 0) is 35.8 Å². The van der Waals surface area contributed by atoms with Crippen LogP contribution in [0.2, 0.25) is 0 Å². The first kappa shape index (κ1) is 23.0. The molecule has 0 saturated carbocycles. The van der Waals surface area contributed by atoms with E-state index < -0.39 is 0 Å². The lowest BCUT2D eigenvalue weighted by Crippen LogP contribution is -2.18. The number of rotatable bonds is 16. The molecule has 0 radical (unpaired) electrons. The summed E-state index contributed by atoms with van der Waals surface area (Å²) in [5.41, 5.74) is 0. The van der Waals surface area contributed by atoms with Gasteiger partial charge in [0.05, 0.1) is 13.2 Å². The van der Waals surface area contributed by atoms with E-state index in [1.807, 2.05) is 18.2 Å². The second kappa shape index (κ2) is 16.1. The lowest BCUT2D eigenvalue weighted by Gasteiger charge is -2.06. The highest BCUT2D eigenvalue weighted by Crippen LogP contribution is 2.29. The van der Waals surface area contributed by atoms with Crippen LogP contribution in [0.1, 0.15) is 32.1 Å². The maximum absolute atomic E-state index is 11.8. The molecule has 8 heteroatoms. The van der Waals surface area contributed by atoms with E-state index in [0.717, 1.165) is 17.2 Å². The van der Waals surface area contributed by atoms with Crippen molar-refractivity contribution in [2.75, 3.05) is 39.2 Å². The summed E-state index contributed by atoms with van der Waals surface area (Å²) in [6.45, 7) is 2.17. The van der Waals surface area contributed by atoms with Gasteiger partial charge in [-0.3, -0.25) is 9.59 Å². The summed E-state index contributed by atoms with van der Waals surface area (Å²) >= 11 is 0. The van der Waals surface area contributed by atoms with Crippen LogP contribution in [0.4, 0.5) is 0 Å². The minimum absolute atomic E-state index is 0.0308. The molecular formula is C18H28N2O4S2. The normalized spacial score (nSPS) is 10.7. The van der Waals surface area contributed by atoms with Gasteiger partial charge in [0, 0.05) is 51.5 Å². The molecule has 0 saturated heterocycles. The first-order chi connectivity index (χ1) is 12.7. The summed E-state index contributed by atoms with van der Waals surface area (Å²) in [4.78, 5) is 27.0. The standard InChI is InChI=1S/C18H28N2O4S2/c1-19-17(22)7-5-12-24-14-13-23-11-4-6-16(21)9-15-25-26-18-8-2-3-10-20-18/h2-3,8,10H,4-7,9,11-15H2,1H3,(H,19,22). The number of hydrogen-bond acceptors (Lipinski definition) is 7. The number of amides is 1. The molecule has 6 nitrogen and oxygen atoms in total. The van der Waals surface area contributed by atoms with E-state index in [2.05, 4.69) is 10.3 Å². The number of carbonyl (C=O) groups is 2. The molecule has 0 aromatic carbocycles. The molecule has 26 heavy (non-hydrogen) atoms. The molecule has 0 unspecified atom stereocenters. The van der Waals surface area contributed by atoms with Crippen molar-refractivity contribution in [3.05, 3.63) is 24.4 Å². The van der Waals surface area contributed by atoms with E-state index in [1.54, 1.807) is 34.8 Å². The molecule has 0 spiro atoms. The first-order valence-electron chi connectivity index (χ1n) is 8.80. The number of aromatic nitrogens is 1. The highest BCUT2D eigenvalue weighted by molar-refractivity contribution is 8.76. The maximum atomic E-state index is 11.8. The molecule has 1 rings (SSSR count). The number of hydrogen-bond donors (Lipinski definition) is 1. The smallest absolute Gasteiger partial charge is 0.219 e. The second-order valence-corrected chi connectivity index (χ2v) is 7.90. The molecule has 0 aliphatic heterocycles. The molecule has 1 N–H and O–H groups in total.